The Bertz CT molecular complexity index is 368. The number of alkyl halides is 3. The maximum atomic E-state index is 12.9. The third kappa shape index (κ3) is 1.92. The number of carbonyl (C=O) groups excluding carboxylic acids is 1. The molecule has 0 saturated heterocycles. The van der Waals surface area contributed by atoms with Crippen LogP contribution >= 0.6 is 0 Å². The zero-order valence-corrected chi connectivity index (χ0v) is 7.15. The van der Waals surface area contributed by atoms with E-state index in [9.17, 15) is 22.4 Å². The lowest BCUT2D eigenvalue weighted by molar-refractivity contribution is -0.138. The highest BCUT2D eigenvalue weighted by Gasteiger charge is 2.35. The summed E-state index contributed by atoms with van der Waals surface area (Å²) in [6.07, 6.45) is -4.71. The molecule has 0 atom stereocenters. The largest absolute Gasteiger partial charge is 0.417 e. The van der Waals surface area contributed by atoms with Crippen molar-refractivity contribution in [3.05, 3.63) is 35.1 Å². The Kier molecular flexibility index (Phi) is 2.59. The minimum Gasteiger partial charge on any atom is -0.294 e. The summed E-state index contributed by atoms with van der Waals surface area (Å²) in [7, 11) is 0. The van der Waals surface area contributed by atoms with Gasteiger partial charge in [-0.1, -0.05) is 6.07 Å². The van der Waals surface area contributed by atoms with Crippen molar-refractivity contribution < 1.29 is 22.4 Å². The zero-order chi connectivity index (χ0) is 10.9. The molecule has 0 amide bonds. The molecule has 0 fully saturated rings. The second-order valence-electron chi connectivity index (χ2n) is 2.72. The summed E-state index contributed by atoms with van der Waals surface area (Å²) in [6, 6.07) is 2.43. The van der Waals surface area contributed by atoms with Crippen LogP contribution in [0.1, 0.15) is 22.8 Å². The molecule has 0 heterocycles. The minimum absolute atomic E-state index is 0.680. The van der Waals surface area contributed by atoms with Crippen LogP contribution < -0.4 is 0 Å². The highest BCUT2D eigenvalue weighted by Crippen LogP contribution is 2.33. The molecule has 1 aromatic carbocycles. The number of hydrogen-bond donors (Lipinski definition) is 0. The number of Topliss-reactive ketones (excluding diaryl/α,β-unsaturated/α-hetero) is 1. The quantitative estimate of drug-likeness (QED) is 0.509. The van der Waals surface area contributed by atoms with E-state index in [1.54, 1.807) is 0 Å². The van der Waals surface area contributed by atoms with Crippen LogP contribution in [0.3, 0.4) is 0 Å². The second-order valence-corrected chi connectivity index (χ2v) is 2.72. The molecule has 0 aliphatic rings. The number of carbonyl (C=O) groups is 1. The molecule has 1 nitrogen and oxygen atoms in total. The summed E-state index contributed by atoms with van der Waals surface area (Å²) in [5, 5.41) is 0. The van der Waals surface area contributed by atoms with Gasteiger partial charge in [0.2, 0.25) is 0 Å². The van der Waals surface area contributed by atoms with E-state index in [2.05, 4.69) is 0 Å². The summed E-state index contributed by atoms with van der Waals surface area (Å²) in [6.45, 7) is 0.896. The van der Waals surface area contributed by atoms with Crippen molar-refractivity contribution in [1.82, 2.24) is 0 Å². The molecule has 0 N–H and O–H groups in total. The van der Waals surface area contributed by atoms with Gasteiger partial charge in [-0.3, -0.25) is 4.79 Å². The van der Waals surface area contributed by atoms with Gasteiger partial charge in [0.05, 0.1) is 11.1 Å². The van der Waals surface area contributed by atoms with Gasteiger partial charge in [-0.2, -0.15) is 13.2 Å². The van der Waals surface area contributed by atoms with E-state index >= 15 is 0 Å². The van der Waals surface area contributed by atoms with Gasteiger partial charge in [-0.25, -0.2) is 4.39 Å². The average Bonchev–Trinajstić information content (AvgIpc) is 2.01. The van der Waals surface area contributed by atoms with E-state index in [0.717, 1.165) is 19.1 Å². The number of ketones is 1. The van der Waals surface area contributed by atoms with Gasteiger partial charge in [0.15, 0.2) is 5.78 Å². The van der Waals surface area contributed by atoms with Crippen LogP contribution in [0.15, 0.2) is 18.2 Å². The van der Waals surface area contributed by atoms with Crippen molar-refractivity contribution in [3.63, 3.8) is 0 Å². The molecule has 0 aromatic heterocycles. The third-order valence-corrected chi connectivity index (χ3v) is 1.67. The number of rotatable bonds is 1. The number of benzene rings is 1. The van der Waals surface area contributed by atoms with Crippen molar-refractivity contribution in [2.24, 2.45) is 0 Å². The molecule has 0 spiro atoms. The van der Waals surface area contributed by atoms with E-state index in [1.807, 2.05) is 0 Å². The second kappa shape index (κ2) is 3.40. The van der Waals surface area contributed by atoms with Crippen LogP contribution in [-0.4, -0.2) is 5.78 Å². The van der Waals surface area contributed by atoms with Gasteiger partial charge in [-0.05, 0) is 19.1 Å². The van der Waals surface area contributed by atoms with Crippen molar-refractivity contribution >= 4 is 5.78 Å². The maximum Gasteiger partial charge on any atom is 0.417 e. The first kappa shape index (κ1) is 10.7. The SMILES string of the molecule is CC(=O)c1c(F)cccc1C(F)(F)F. The molecule has 1 aromatic rings. The zero-order valence-electron chi connectivity index (χ0n) is 7.15. The van der Waals surface area contributed by atoms with Gasteiger partial charge < -0.3 is 0 Å². The molecular weight excluding hydrogens is 200 g/mol. The van der Waals surface area contributed by atoms with E-state index in [0.29, 0.717) is 6.07 Å². The van der Waals surface area contributed by atoms with E-state index in [-0.39, 0.29) is 0 Å². The first-order valence-electron chi connectivity index (χ1n) is 3.70. The Labute approximate surface area is 77.3 Å². The molecule has 76 valence electrons. The molecule has 14 heavy (non-hydrogen) atoms. The molecule has 0 aliphatic carbocycles. The number of hydrogen-bond acceptors (Lipinski definition) is 1. The summed E-state index contributed by atoms with van der Waals surface area (Å²) in [4.78, 5) is 10.8. The lowest BCUT2D eigenvalue weighted by Crippen LogP contribution is -2.13. The lowest BCUT2D eigenvalue weighted by Gasteiger charge is -2.10. The van der Waals surface area contributed by atoms with Gasteiger partial charge >= 0.3 is 6.18 Å². The Morgan fingerprint density at radius 2 is 1.86 bits per heavy atom. The topological polar surface area (TPSA) is 17.1 Å². The predicted molar refractivity (Wildman–Crippen MR) is 41.4 cm³/mol. The summed E-state index contributed by atoms with van der Waals surface area (Å²) in [5.41, 5.74) is -2.13. The normalized spacial score (nSPS) is 11.5. The highest BCUT2D eigenvalue weighted by atomic mass is 19.4. The van der Waals surface area contributed by atoms with Crippen LogP contribution in [-0.2, 0) is 6.18 Å². The summed E-state index contributed by atoms with van der Waals surface area (Å²) < 4.78 is 49.7. The fraction of sp³-hybridized carbons (Fsp3) is 0.222. The molecule has 0 saturated carbocycles. The highest BCUT2D eigenvalue weighted by molar-refractivity contribution is 5.96. The lowest BCUT2D eigenvalue weighted by atomic mass is 10.0. The smallest absolute Gasteiger partial charge is 0.294 e. The third-order valence-electron chi connectivity index (χ3n) is 1.67. The van der Waals surface area contributed by atoms with Crippen molar-refractivity contribution in [3.8, 4) is 0 Å². The standard InChI is InChI=1S/C9H6F4O/c1-5(14)8-6(9(11,12)13)3-2-4-7(8)10/h2-4H,1H3. The first-order chi connectivity index (χ1) is 6.34. The Morgan fingerprint density at radius 3 is 2.21 bits per heavy atom. The monoisotopic (exact) mass is 206 g/mol. The maximum absolute atomic E-state index is 12.9. The van der Waals surface area contributed by atoms with Crippen LogP contribution in [0.25, 0.3) is 0 Å². The summed E-state index contributed by atoms with van der Waals surface area (Å²) in [5.74, 6) is -2.08. The van der Waals surface area contributed by atoms with Crippen LogP contribution in [0.2, 0.25) is 0 Å². The van der Waals surface area contributed by atoms with Crippen molar-refractivity contribution in [2.75, 3.05) is 0 Å². The van der Waals surface area contributed by atoms with Gasteiger partial charge in [0.25, 0.3) is 0 Å². The Balaban J connectivity index is 3.44. The molecule has 0 bridgehead atoms. The van der Waals surface area contributed by atoms with Crippen molar-refractivity contribution in [2.45, 2.75) is 13.1 Å². The van der Waals surface area contributed by atoms with Crippen molar-refractivity contribution in [1.29, 1.82) is 0 Å². The van der Waals surface area contributed by atoms with Crippen LogP contribution in [0, 0.1) is 5.82 Å². The first-order valence-corrected chi connectivity index (χ1v) is 3.70. The van der Waals surface area contributed by atoms with Crippen LogP contribution in [0.4, 0.5) is 17.6 Å². The molecule has 1 rings (SSSR count). The van der Waals surface area contributed by atoms with E-state index in [1.165, 1.54) is 0 Å². The van der Waals surface area contributed by atoms with E-state index in [4.69, 9.17) is 0 Å². The Morgan fingerprint density at radius 1 is 1.29 bits per heavy atom. The molecule has 0 unspecified atom stereocenters. The molecular formula is C9H6F4O. The van der Waals surface area contributed by atoms with Crippen LogP contribution in [0.5, 0.6) is 0 Å². The predicted octanol–water partition coefficient (Wildman–Crippen LogP) is 3.05. The molecule has 5 heteroatoms. The van der Waals surface area contributed by atoms with Gasteiger partial charge in [0, 0.05) is 0 Å². The minimum atomic E-state index is -4.71. The fourth-order valence-electron chi connectivity index (χ4n) is 1.12. The van der Waals surface area contributed by atoms with E-state index < -0.39 is 28.9 Å². The number of halogens is 4. The summed E-state index contributed by atoms with van der Waals surface area (Å²) >= 11 is 0. The molecule has 0 aliphatic heterocycles. The fourth-order valence-corrected chi connectivity index (χ4v) is 1.12. The average molecular weight is 206 g/mol. The Hall–Kier alpha value is -1.39. The van der Waals surface area contributed by atoms with Gasteiger partial charge in [-0.15, -0.1) is 0 Å². The molecule has 0 radical (unpaired) electrons. The van der Waals surface area contributed by atoms with Gasteiger partial charge in [0.1, 0.15) is 5.82 Å².